The molecule has 254 valence electrons. The molecule has 0 bridgehead atoms. The molecular formula is C37H55N2O6S+. The van der Waals surface area contributed by atoms with Crippen LogP contribution in [0.5, 0.6) is 0 Å². The number of ketones is 2. The molecular weight excluding hydrogens is 600 g/mol. The summed E-state index contributed by atoms with van der Waals surface area (Å²) < 4.78 is 11.3. The summed E-state index contributed by atoms with van der Waals surface area (Å²) >= 11 is 1.29. The summed E-state index contributed by atoms with van der Waals surface area (Å²) in [6.07, 6.45) is 18.5. The molecule has 2 N–H and O–H groups in total. The van der Waals surface area contributed by atoms with Crippen molar-refractivity contribution in [1.29, 1.82) is 0 Å². The molecule has 0 spiro atoms. The largest absolute Gasteiger partial charge is 0.507 e. The number of aromatic nitrogens is 1. The van der Waals surface area contributed by atoms with Gasteiger partial charge < -0.3 is 19.8 Å². The number of hydrogen-bond donors (Lipinski definition) is 2. The molecule has 0 aromatic carbocycles. The SMILES string of the molecule is CCCCCCCCOC(=O)CN(CC)c1nc(C(C)(C)C)c(C2=C(O)/C(=C3C=C/C(=[O+]\CCCCCCCC)C=C\3O)C2=O)s1. The Balaban J connectivity index is 1.73. The second-order valence-electron chi connectivity index (χ2n) is 13.1. The number of Topliss-reactive ketones (excluding diaryl/α,β-unsaturated/α-hetero) is 1. The van der Waals surface area contributed by atoms with Crippen LogP contribution >= 0.6 is 11.3 Å². The van der Waals surface area contributed by atoms with Gasteiger partial charge in [0.2, 0.25) is 5.78 Å². The van der Waals surface area contributed by atoms with Gasteiger partial charge in [-0.15, -0.1) is 0 Å². The molecule has 0 atom stereocenters. The van der Waals surface area contributed by atoms with Crippen molar-refractivity contribution in [1.82, 2.24) is 4.98 Å². The van der Waals surface area contributed by atoms with E-state index in [1.165, 1.54) is 62.4 Å². The number of thiazole rings is 1. The summed E-state index contributed by atoms with van der Waals surface area (Å²) in [5, 5.41) is 22.6. The monoisotopic (exact) mass is 655 g/mol. The first-order chi connectivity index (χ1) is 22.0. The van der Waals surface area contributed by atoms with Crippen LogP contribution in [0.2, 0.25) is 0 Å². The number of carbonyl (C=O) groups excluding carboxylic acids is 3. The third-order valence-corrected chi connectivity index (χ3v) is 9.35. The Morgan fingerprint density at radius 2 is 1.54 bits per heavy atom. The minimum Gasteiger partial charge on any atom is -0.507 e. The number of carbonyl (C=O) groups is 2. The number of likely N-dealkylation sites (N-methyl/N-ethyl adjacent to an activating group) is 1. The Morgan fingerprint density at radius 1 is 0.913 bits per heavy atom. The highest BCUT2D eigenvalue weighted by molar-refractivity contribution is 7.17. The van der Waals surface area contributed by atoms with E-state index in [4.69, 9.17) is 14.1 Å². The molecule has 0 saturated carbocycles. The van der Waals surface area contributed by atoms with Gasteiger partial charge in [-0.1, -0.05) is 104 Å². The maximum atomic E-state index is 13.6. The molecule has 9 heteroatoms. The number of allylic oxidation sites excluding steroid dienone is 5. The Bertz CT molecular complexity index is 1360. The zero-order valence-corrected chi connectivity index (χ0v) is 29.7. The predicted octanol–water partition coefficient (Wildman–Crippen LogP) is 8.80. The average molecular weight is 656 g/mol. The molecule has 0 saturated heterocycles. The van der Waals surface area contributed by atoms with Crippen molar-refractivity contribution >= 4 is 39.6 Å². The van der Waals surface area contributed by atoms with Crippen LogP contribution in [-0.2, 0) is 24.2 Å². The summed E-state index contributed by atoms with van der Waals surface area (Å²) in [7, 11) is 0. The number of aliphatic hydroxyl groups is 2. The van der Waals surface area contributed by atoms with Gasteiger partial charge in [-0.3, -0.25) is 14.0 Å². The fourth-order valence-electron chi connectivity index (χ4n) is 5.45. The molecule has 0 fully saturated rings. The summed E-state index contributed by atoms with van der Waals surface area (Å²) in [5.41, 5.74) is 0.775. The smallest absolute Gasteiger partial charge is 0.347 e. The van der Waals surface area contributed by atoms with Gasteiger partial charge in [0.1, 0.15) is 18.1 Å². The number of rotatable bonds is 19. The van der Waals surface area contributed by atoms with E-state index >= 15 is 0 Å². The number of hydrogen-bond acceptors (Lipinski definition) is 8. The van der Waals surface area contributed by atoms with Crippen molar-refractivity contribution in [2.45, 2.75) is 124 Å². The van der Waals surface area contributed by atoms with Crippen molar-refractivity contribution in [2.75, 3.05) is 31.2 Å². The molecule has 0 radical (unpaired) electrons. The Labute approximate surface area is 279 Å². The molecule has 0 unspecified atom stereocenters. The van der Waals surface area contributed by atoms with Crippen LogP contribution in [0.15, 0.2) is 40.9 Å². The molecule has 8 nitrogen and oxygen atoms in total. The van der Waals surface area contributed by atoms with E-state index in [2.05, 4.69) is 13.8 Å². The van der Waals surface area contributed by atoms with Gasteiger partial charge in [-0.2, -0.15) is 0 Å². The van der Waals surface area contributed by atoms with Crippen LogP contribution in [-0.4, -0.2) is 59.0 Å². The molecule has 2 aliphatic rings. The molecule has 0 amide bonds. The fourth-order valence-corrected chi connectivity index (χ4v) is 6.84. The predicted molar refractivity (Wildman–Crippen MR) is 188 cm³/mol. The van der Waals surface area contributed by atoms with Crippen LogP contribution in [0, 0.1) is 0 Å². The maximum Gasteiger partial charge on any atom is 0.347 e. The lowest BCUT2D eigenvalue weighted by molar-refractivity contribution is -0.456. The molecule has 1 aromatic rings. The average Bonchev–Trinajstić information content (AvgIpc) is 3.45. The normalized spacial score (nSPS) is 17.5. The van der Waals surface area contributed by atoms with Crippen molar-refractivity contribution in [3.05, 3.63) is 51.5 Å². The topological polar surface area (TPSA) is 111 Å². The summed E-state index contributed by atoms with van der Waals surface area (Å²) in [6, 6.07) is 0. The number of unbranched alkanes of at least 4 members (excludes halogenated alkanes) is 10. The van der Waals surface area contributed by atoms with Gasteiger partial charge in [0, 0.05) is 30.0 Å². The van der Waals surface area contributed by atoms with Crippen molar-refractivity contribution in [3.63, 3.8) is 0 Å². The number of aliphatic hydroxyl groups excluding tert-OH is 2. The quantitative estimate of drug-likeness (QED) is 0.0663. The van der Waals surface area contributed by atoms with Crippen molar-refractivity contribution in [3.8, 4) is 0 Å². The Morgan fingerprint density at radius 3 is 2.13 bits per heavy atom. The lowest BCUT2D eigenvalue weighted by Gasteiger charge is -2.25. The highest BCUT2D eigenvalue weighted by atomic mass is 32.1. The first kappa shape index (κ1) is 37.3. The highest BCUT2D eigenvalue weighted by Crippen LogP contribution is 2.46. The van der Waals surface area contributed by atoms with Crippen LogP contribution in [0.3, 0.4) is 0 Å². The molecule has 2 aliphatic carbocycles. The van der Waals surface area contributed by atoms with Gasteiger partial charge in [-0.25, -0.2) is 4.98 Å². The third-order valence-electron chi connectivity index (χ3n) is 8.22. The van der Waals surface area contributed by atoms with E-state index in [9.17, 15) is 19.8 Å². The molecule has 46 heavy (non-hydrogen) atoms. The lowest BCUT2D eigenvalue weighted by atomic mass is 9.79. The lowest BCUT2D eigenvalue weighted by Crippen LogP contribution is -2.31. The third kappa shape index (κ3) is 10.1. The van der Waals surface area contributed by atoms with E-state index in [1.807, 2.05) is 32.6 Å². The van der Waals surface area contributed by atoms with Gasteiger partial charge >= 0.3 is 11.8 Å². The van der Waals surface area contributed by atoms with E-state index in [-0.39, 0.29) is 46.5 Å². The Kier molecular flexibility index (Phi) is 14.8. The van der Waals surface area contributed by atoms with E-state index in [1.54, 1.807) is 12.2 Å². The minimum atomic E-state index is -0.428. The molecule has 0 aliphatic heterocycles. The van der Waals surface area contributed by atoms with Gasteiger partial charge in [0.15, 0.2) is 5.13 Å². The number of ether oxygens (including phenoxy) is 1. The minimum absolute atomic E-state index is 0.0559. The zero-order chi connectivity index (χ0) is 33.7. The van der Waals surface area contributed by atoms with Crippen LogP contribution in [0.4, 0.5) is 5.13 Å². The molecule has 1 heterocycles. The number of anilines is 1. The summed E-state index contributed by atoms with van der Waals surface area (Å²) in [6.45, 7) is 13.9. The number of esters is 1. The van der Waals surface area contributed by atoms with E-state index < -0.39 is 5.41 Å². The van der Waals surface area contributed by atoms with Crippen LogP contribution in [0.25, 0.3) is 5.57 Å². The maximum absolute atomic E-state index is 13.6. The second kappa shape index (κ2) is 18.2. The van der Waals surface area contributed by atoms with Gasteiger partial charge in [0.05, 0.1) is 34.4 Å². The fraction of sp³-hybridized carbons (Fsp3) is 0.622. The van der Waals surface area contributed by atoms with Crippen molar-refractivity contribution < 1.29 is 29.0 Å². The molecule has 3 rings (SSSR count). The van der Waals surface area contributed by atoms with Crippen LogP contribution < -0.4 is 4.90 Å². The van der Waals surface area contributed by atoms with Gasteiger partial charge in [0.25, 0.3) is 6.61 Å². The zero-order valence-electron chi connectivity index (χ0n) is 28.9. The van der Waals surface area contributed by atoms with Crippen LogP contribution in [0.1, 0.15) is 129 Å². The summed E-state index contributed by atoms with van der Waals surface area (Å²) in [5.74, 6) is -0.416. The number of nitrogens with zero attached hydrogens (tertiary/aromatic N) is 2. The van der Waals surface area contributed by atoms with Crippen molar-refractivity contribution in [2.24, 2.45) is 0 Å². The highest BCUT2D eigenvalue weighted by Gasteiger charge is 2.42. The van der Waals surface area contributed by atoms with Gasteiger partial charge in [-0.05, 0) is 25.8 Å². The first-order valence-electron chi connectivity index (χ1n) is 17.3. The first-order valence-corrected chi connectivity index (χ1v) is 18.1. The standard InChI is InChI=1S/C37H54N2O6S/c1-7-10-12-14-16-18-22-44-26-20-21-27(28(40)24-26)30-32(42)31(33(30)43)34-35(37(4,5)6)38-36(46-34)39(9-3)25-29(41)45-23-19-17-15-13-11-8-2/h20-21,24H,7-19,22-23,25H2,1-6H3,(H-,40,42,43)/p+1. The summed E-state index contributed by atoms with van der Waals surface area (Å²) in [4.78, 5) is 33.5. The Hall–Kier alpha value is -3.20. The molecule has 1 aromatic heterocycles. The van der Waals surface area contributed by atoms with E-state index in [0.29, 0.717) is 41.2 Å². The second-order valence-corrected chi connectivity index (χ2v) is 14.1. The van der Waals surface area contributed by atoms with E-state index in [0.717, 1.165) is 32.1 Å².